The summed E-state index contributed by atoms with van der Waals surface area (Å²) in [6, 6.07) is 6.30. The van der Waals surface area contributed by atoms with Gasteiger partial charge >= 0.3 is 6.36 Å². The Morgan fingerprint density at radius 2 is 1.89 bits per heavy atom. The van der Waals surface area contributed by atoms with E-state index in [2.05, 4.69) is 4.74 Å². The lowest BCUT2D eigenvalue weighted by molar-refractivity contribution is -0.274. The van der Waals surface area contributed by atoms with Gasteiger partial charge in [0, 0.05) is 0 Å². The van der Waals surface area contributed by atoms with Crippen LogP contribution < -0.4 is 10.5 Å². The van der Waals surface area contributed by atoms with Crippen LogP contribution in [0.5, 0.6) is 5.75 Å². The maximum Gasteiger partial charge on any atom is 0.573 e. The zero-order chi connectivity index (χ0) is 13.6. The van der Waals surface area contributed by atoms with E-state index in [0.717, 1.165) is 0 Å². The maximum absolute atomic E-state index is 12.3. The first-order valence-corrected chi connectivity index (χ1v) is 5.82. The molecule has 0 radical (unpaired) electrons. The Morgan fingerprint density at radius 3 is 2.39 bits per heavy atom. The molecular weight excluding hydrogens is 243 g/mol. The number of nitrogens with two attached hydrogens (primary N) is 1. The van der Waals surface area contributed by atoms with Crippen molar-refractivity contribution < 1.29 is 17.9 Å². The van der Waals surface area contributed by atoms with Gasteiger partial charge in [0.2, 0.25) is 0 Å². The molecule has 2 rings (SSSR count). The Kier molecular flexibility index (Phi) is 3.05. The summed E-state index contributed by atoms with van der Waals surface area (Å²) in [6.07, 6.45) is -4.66. The van der Waals surface area contributed by atoms with E-state index >= 15 is 0 Å². The van der Waals surface area contributed by atoms with Gasteiger partial charge in [0.25, 0.3) is 0 Å². The van der Waals surface area contributed by atoms with Crippen molar-refractivity contribution in [1.82, 2.24) is 0 Å². The predicted octanol–water partition coefficient (Wildman–Crippen LogP) is 3.28. The monoisotopic (exact) mass is 259 g/mol. The Labute approximate surface area is 104 Å². The number of benzene rings is 1. The summed E-state index contributed by atoms with van der Waals surface area (Å²) in [5.74, 6) is 0.121. The lowest BCUT2D eigenvalue weighted by Crippen LogP contribution is -2.18. The van der Waals surface area contributed by atoms with Crippen LogP contribution in [0.15, 0.2) is 24.3 Å². The number of hydrogen-bond donors (Lipinski definition) is 1. The summed E-state index contributed by atoms with van der Waals surface area (Å²) in [7, 11) is 0. The van der Waals surface area contributed by atoms with Gasteiger partial charge in [-0.25, -0.2) is 0 Å². The van der Waals surface area contributed by atoms with E-state index in [0.29, 0.717) is 12.1 Å². The highest BCUT2D eigenvalue weighted by Crippen LogP contribution is 2.65. The van der Waals surface area contributed by atoms with Crippen LogP contribution in [0.2, 0.25) is 0 Å². The molecule has 2 N–H and O–H groups in total. The van der Waals surface area contributed by atoms with Crippen LogP contribution in [0.3, 0.4) is 0 Å². The van der Waals surface area contributed by atoms with Crippen LogP contribution in [0, 0.1) is 11.3 Å². The van der Waals surface area contributed by atoms with E-state index in [-0.39, 0.29) is 23.0 Å². The average molecular weight is 259 g/mol. The SMILES string of the molecule is CC1(C)[C@@H](CN)[C@@H]1c1ccccc1OC(F)(F)F. The first-order chi connectivity index (χ1) is 8.27. The number of rotatable bonds is 3. The van der Waals surface area contributed by atoms with E-state index in [1.54, 1.807) is 12.1 Å². The van der Waals surface area contributed by atoms with Crippen LogP contribution >= 0.6 is 0 Å². The normalized spacial score (nSPS) is 25.9. The molecule has 0 heterocycles. The predicted molar refractivity (Wildman–Crippen MR) is 62.2 cm³/mol. The highest BCUT2D eigenvalue weighted by Gasteiger charge is 2.58. The minimum Gasteiger partial charge on any atom is -0.405 e. The summed E-state index contributed by atoms with van der Waals surface area (Å²) >= 11 is 0. The second kappa shape index (κ2) is 4.16. The van der Waals surface area contributed by atoms with Crippen LogP contribution in [-0.4, -0.2) is 12.9 Å². The molecule has 5 heteroatoms. The van der Waals surface area contributed by atoms with Crippen molar-refractivity contribution >= 4 is 0 Å². The number of halogens is 3. The topological polar surface area (TPSA) is 35.2 Å². The minimum atomic E-state index is -4.66. The molecule has 1 aromatic rings. The zero-order valence-electron chi connectivity index (χ0n) is 10.3. The highest BCUT2D eigenvalue weighted by molar-refractivity contribution is 5.42. The van der Waals surface area contributed by atoms with E-state index in [4.69, 9.17) is 5.73 Å². The Morgan fingerprint density at radius 1 is 1.28 bits per heavy atom. The molecule has 0 aliphatic heterocycles. The number of alkyl halides is 3. The lowest BCUT2D eigenvalue weighted by Gasteiger charge is -2.13. The van der Waals surface area contributed by atoms with Gasteiger partial charge in [-0.3, -0.25) is 0 Å². The molecule has 0 spiro atoms. The Balaban J connectivity index is 2.30. The maximum atomic E-state index is 12.3. The minimum absolute atomic E-state index is 0.0287. The van der Waals surface area contributed by atoms with Gasteiger partial charge in [0.1, 0.15) is 5.75 Å². The average Bonchev–Trinajstić information content (AvgIpc) is 2.79. The lowest BCUT2D eigenvalue weighted by atomic mass is 10.0. The third kappa shape index (κ3) is 2.32. The molecule has 0 bridgehead atoms. The second-order valence-corrected chi connectivity index (χ2v) is 5.23. The summed E-state index contributed by atoms with van der Waals surface area (Å²) in [5.41, 5.74) is 6.17. The first-order valence-electron chi connectivity index (χ1n) is 5.82. The van der Waals surface area contributed by atoms with Gasteiger partial charge in [0.05, 0.1) is 0 Å². The Bertz CT molecular complexity index is 442. The van der Waals surface area contributed by atoms with Gasteiger partial charge < -0.3 is 10.5 Å². The molecule has 100 valence electrons. The van der Waals surface area contributed by atoms with E-state index in [9.17, 15) is 13.2 Å². The molecule has 1 aromatic carbocycles. The largest absolute Gasteiger partial charge is 0.573 e. The quantitative estimate of drug-likeness (QED) is 0.904. The van der Waals surface area contributed by atoms with Gasteiger partial charge in [0.15, 0.2) is 0 Å². The molecule has 1 aliphatic carbocycles. The summed E-state index contributed by atoms with van der Waals surface area (Å²) < 4.78 is 41.1. The third-order valence-electron chi connectivity index (χ3n) is 3.78. The molecule has 0 amide bonds. The number of ether oxygens (including phenoxy) is 1. The Hall–Kier alpha value is -1.23. The molecule has 2 nitrogen and oxygen atoms in total. The fraction of sp³-hybridized carbons (Fsp3) is 0.538. The van der Waals surface area contributed by atoms with Crippen molar-refractivity contribution in [3.05, 3.63) is 29.8 Å². The summed E-state index contributed by atoms with van der Waals surface area (Å²) in [4.78, 5) is 0. The van der Waals surface area contributed by atoms with Crippen LogP contribution in [-0.2, 0) is 0 Å². The van der Waals surface area contributed by atoms with Crippen molar-refractivity contribution in [3.8, 4) is 5.75 Å². The van der Waals surface area contributed by atoms with E-state index in [1.807, 2.05) is 13.8 Å². The molecule has 0 unspecified atom stereocenters. The zero-order valence-corrected chi connectivity index (χ0v) is 10.3. The standard InChI is InChI=1S/C13H16F3NO/c1-12(2)9(7-17)11(12)8-5-3-4-6-10(8)18-13(14,15)16/h3-6,9,11H,7,17H2,1-2H3/t9-,11-/m0/s1. The van der Waals surface area contributed by atoms with Gasteiger partial charge in [-0.05, 0) is 35.4 Å². The molecule has 2 atom stereocenters. The summed E-state index contributed by atoms with van der Waals surface area (Å²) in [5, 5.41) is 0. The van der Waals surface area contributed by atoms with Gasteiger partial charge in [-0.15, -0.1) is 13.2 Å². The number of para-hydroxylation sites is 1. The smallest absolute Gasteiger partial charge is 0.405 e. The summed E-state index contributed by atoms with van der Waals surface area (Å²) in [6.45, 7) is 4.50. The second-order valence-electron chi connectivity index (χ2n) is 5.23. The van der Waals surface area contributed by atoms with Gasteiger partial charge in [-0.2, -0.15) is 0 Å². The fourth-order valence-electron chi connectivity index (χ4n) is 2.76. The first kappa shape index (κ1) is 13.2. The van der Waals surface area contributed by atoms with Crippen molar-refractivity contribution in [2.24, 2.45) is 17.1 Å². The third-order valence-corrected chi connectivity index (χ3v) is 3.78. The molecule has 1 fully saturated rings. The van der Waals surface area contributed by atoms with E-state index < -0.39 is 6.36 Å². The fourth-order valence-corrected chi connectivity index (χ4v) is 2.76. The van der Waals surface area contributed by atoms with Crippen LogP contribution in [0.4, 0.5) is 13.2 Å². The molecule has 0 saturated heterocycles. The highest BCUT2D eigenvalue weighted by atomic mass is 19.4. The van der Waals surface area contributed by atoms with Crippen molar-refractivity contribution in [1.29, 1.82) is 0 Å². The van der Waals surface area contributed by atoms with Crippen LogP contribution in [0.25, 0.3) is 0 Å². The van der Waals surface area contributed by atoms with Crippen molar-refractivity contribution in [3.63, 3.8) is 0 Å². The molecule has 1 saturated carbocycles. The van der Waals surface area contributed by atoms with Gasteiger partial charge in [-0.1, -0.05) is 32.0 Å². The molecule has 0 aromatic heterocycles. The van der Waals surface area contributed by atoms with Crippen LogP contribution in [0.1, 0.15) is 25.3 Å². The molecule has 1 aliphatic rings. The molecule has 18 heavy (non-hydrogen) atoms. The molecular formula is C13H16F3NO. The van der Waals surface area contributed by atoms with Crippen molar-refractivity contribution in [2.75, 3.05) is 6.54 Å². The number of hydrogen-bond acceptors (Lipinski definition) is 2. The van der Waals surface area contributed by atoms with E-state index in [1.165, 1.54) is 12.1 Å². The van der Waals surface area contributed by atoms with Crippen molar-refractivity contribution in [2.45, 2.75) is 26.1 Å².